The number of benzene rings is 5. The van der Waals surface area contributed by atoms with Gasteiger partial charge >= 0.3 is 0 Å². The molecule has 5 heteroatoms. The van der Waals surface area contributed by atoms with Gasteiger partial charge < -0.3 is 0 Å². The van der Waals surface area contributed by atoms with Gasteiger partial charge in [-0.2, -0.15) is 5.26 Å². The van der Waals surface area contributed by atoms with Crippen LogP contribution in [0.25, 0.3) is 79.0 Å². The SMILES string of the molecule is C=Cc1nc(-c2cccc(C#N)c2)c(-c2cc(-c3cccc4ccccc34)nc(-c3cccc4ccccc34)n2)nc1C=C. The van der Waals surface area contributed by atoms with Gasteiger partial charge in [0.05, 0.1) is 40.1 Å². The largest absolute Gasteiger partial charge is 0.244 e. The molecule has 7 rings (SSSR count). The maximum absolute atomic E-state index is 9.64. The molecular weight excluding hydrogens is 538 g/mol. The Labute approximate surface area is 255 Å². The minimum Gasteiger partial charge on any atom is -0.244 e. The molecule has 0 amide bonds. The van der Waals surface area contributed by atoms with Crippen molar-refractivity contribution < 1.29 is 0 Å². The Balaban J connectivity index is 1.57. The van der Waals surface area contributed by atoms with E-state index in [1.54, 1.807) is 18.2 Å². The van der Waals surface area contributed by atoms with Gasteiger partial charge in [0.15, 0.2) is 5.82 Å². The van der Waals surface area contributed by atoms with Crippen LogP contribution < -0.4 is 0 Å². The van der Waals surface area contributed by atoms with E-state index in [2.05, 4.69) is 61.7 Å². The predicted octanol–water partition coefficient (Wildman–Crippen LogP) is 9.40. The highest BCUT2D eigenvalue weighted by Gasteiger charge is 2.20. The Morgan fingerprint density at radius 3 is 1.80 bits per heavy atom. The predicted molar refractivity (Wildman–Crippen MR) is 179 cm³/mol. The Bertz CT molecular complexity index is 2190. The van der Waals surface area contributed by atoms with Crippen LogP contribution in [0.3, 0.4) is 0 Å². The molecule has 0 radical (unpaired) electrons. The zero-order valence-electron chi connectivity index (χ0n) is 23.8. The summed E-state index contributed by atoms with van der Waals surface area (Å²) < 4.78 is 0. The molecule has 0 atom stereocenters. The lowest BCUT2D eigenvalue weighted by Crippen LogP contribution is -2.03. The third-order valence-corrected chi connectivity index (χ3v) is 7.67. The van der Waals surface area contributed by atoms with Crippen molar-refractivity contribution in [2.75, 3.05) is 0 Å². The third-order valence-electron chi connectivity index (χ3n) is 7.67. The van der Waals surface area contributed by atoms with Crippen molar-refractivity contribution in [1.82, 2.24) is 19.9 Å². The average Bonchev–Trinajstić information content (AvgIpc) is 3.10. The first-order valence-corrected chi connectivity index (χ1v) is 14.2. The third kappa shape index (κ3) is 4.71. The van der Waals surface area contributed by atoms with E-state index in [1.165, 1.54) is 0 Å². The van der Waals surface area contributed by atoms with Gasteiger partial charge in [0.2, 0.25) is 0 Å². The van der Waals surface area contributed by atoms with Crippen molar-refractivity contribution in [2.24, 2.45) is 0 Å². The molecule has 0 aliphatic rings. The molecular formula is C39H25N5. The van der Waals surface area contributed by atoms with E-state index in [4.69, 9.17) is 19.9 Å². The van der Waals surface area contributed by atoms with Crippen LogP contribution >= 0.6 is 0 Å². The molecule has 0 spiro atoms. The summed E-state index contributed by atoms with van der Waals surface area (Å²) in [7, 11) is 0. The van der Waals surface area contributed by atoms with E-state index in [0.29, 0.717) is 39.9 Å². The lowest BCUT2D eigenvalue weighted by Gasteiger charge is -2.15. The van der Waals surface area contributed by atoms with Crippen LogP contribution in [0.2, 0.25) is 0 Å². The summed E-state index contributed by atoms with van der Waals surface area (Å²) in [5.41, 5.74) is 6.89. The van der Waals surface area contributed by atoms with Crippen LogP contribution in [0.5, 0.6) is 0 Å². The number of nitrogens with zero attached hydrogens (tertiary/aromatic N) is 5. The van der Waals surface area contributed by atoms with Crippen LogP contribution in [0.4, 0.5) is 0 Å². The fourth-order valence-electron chi connectivity index (χ4n) is 5.57. The molecule has 2 aromatic heterocycles. The van der Waals surface area contributed by atoms with E-state index >= 15 is 0 Å². The van der Waals surface area contributed by atoms with Gasteiger partial charge in [-0.05, 0) is 51.9 Å². The highest BCUT2D eigenvalue weighted by molar-refractivity contribution is 5.98. The molecule has 0 aliphatic carbocycles. The van der Waals surface area contributed by atoms with Crippen molar-refractivity contribution in [3.8, 4) is 51.4 Å². The maximum Gasteiger partial charge on any atom is 0.161 e. The maximum atomic E-state index is 9.64. The van der Waals surface area contributed by atoms with Crippen LogP contribution in [0, 0.1) is 11.3 Å². The molecule has 5 aromatic carbocycles. The molecule has 2 heterocycles. The van der Waals surface area contributed by atoms with E-state index in [1.807, 2.05) is 66.7 Å². The smallest absolute Gasteiger partial charge is 0.161 e. The van der Waals surface area contributed by atoms with Gasteiger partial charge in [-0.3, -0.25) is 0 Å². The first kappa shape index (κ1) is 26.6. The average molecular weight is 564 g/mol. The minimum atomic E-state index is 0.527. The Morgan fingerprint density at radius 1 is 0.545 bits per heavy atom. The second kappa shape index (κ2) is 11.2. The fraction of sp³-hybridized carbons (Fsp3) is 0. The molecule has 0 fully saturated rings. The highest BCUT2D eigenvalue weighted by Crippen LogP contribution is 2.36. The van der Waals surface area contributed by atoms with Gasteiger partial charge in [-0.1, -0.05) is 110 Å². The molecule has 0 N–H and O–H groups in total. The van der Waals surface area contributed by atoms with Crippen molar-refractivity contribution >= 4 is 33.7 Å². The van der Waals surface area contributed by atoms with Crippen LogP contribution in [0.15, 0.2) is 128 Å². The normalized spacial score (nSPS) is 10.9. The van der Waals surface area contributed by atoms with Crippen molar-refractivity contribution in [2.45, 2.75) is 0 Å². The minimum absolute atomic E-state index is 0.527. The summed E-state index contributed by atoms with van der Waals surface area (Å²) in [5, 5.41) is 14.0. The van der Waals surface area contributed by atoms with Crippen LogP contribution in [0.1, 0.15) is 17.0 Å². The van der Waals surface area contributed by atoms with E-state index < -0.39 is 0 Å². The number of aromatic nitrogens is 4. The van der Waals surface area contributed by atoms with E-state index in [-0.39, 0.29) is 0 Å². The number of hydrogen-bond acceptors (Lipinski definition) is 5. The van der Waals surface area contributed by atoms with Gasteiger partial charge in [0.1, 0.15) is 5.69 Å². The Kier molecular flexibility index (Phi) is 6.78. The molecule has 5 nitrogen and oxygen atoms in total. The van der Waals surface area contributed by atoms with Crippen LogP contribution in [-0.4, -0.2) is 19.9 Å². The molecule has 206 valence electrons. The molecule has 0 saturated carbocycles. The second-order valence-corrected chi connectivity index (χ2v) is 10.3. The van der Waals surface area contributed by atoms with Gasteiger partial charge in [0.25, 0.3) is 0 Å². The van der Waals surface area contributed by atoms with Crippen molar-refractivity contribution in [3.05, 3.63) is 145 Å². The summed E-state index contributed by atoms with van der Waals surface area (Å²) in [5.74, 6) is 0.578. The lowest BCUT2D eigenvalue weighted by atomic mass is 9.99. The Hall–Kier alpha value is -6.25. The Morgan fingerprint density at radius 2 is 1.11 bits per heavy atom. The number of hydrogen-bond donors (Lipinski definition) is 0. The summed E-state index contributed by atoms with van der Waals surface area (Å²) in [6.07, 6.45) is 3.33. The first-order valence-electron chi connectivity index (χ1n) is 14.2. The van der Waals surface area contributed by atoms with E-state index in [9.17, 15) is 5.26 Å². The summed E-state index contributed by atoms with van der Waals surface area (Å²) in [4.78, 5) is 20.3. The topological polar surface area (TPSA) is 75.3 Å². The lowest BCUT2D eigenvalue weighted by molar-refractivity contribution is 1.13. The molecule has 0 unspecified atom stereocenters. The molecule has 0 aliphatic heterocycles. The van der Waals surface area contributed by atoms with Gasteiger partial charge in [-0.15, -0.1) is 0 Å². The summed E-state index contributed by atoms with van der Waals surface area (Å²) >= 11 is 0. The van der Waals surface area contributed by atoms with Crippen molar-refractivity contribution in [3.63, 3.8) is 0 Å². The summed E-state index contributed by atoms with van der Waals surface area (Å²) in [6, 6.07) is 40.5. The molecule has 44 heavy (non-hydrogen) atoms. The number of nitriles is 1. The monoisotopic (exact) mass is 563 g/mol. The standard InChI is InChI=1S/C39H25N5/c1-3-33-34(4-2)42-38(37(41-33)28-17-9-12-25(22-28)24-40)36-23-35(31-20-10-15-26-13-5-7-18-29(26)31)43-39(44-36)32-21-11-16-27-14-6-8-19-30(27)32/h3-23H,1-2H2. The molecule has 0 saturated heterocycles. The fourth-order valence-corrected chi connectivity index (χ4v) is 5.57. The zero-order valence-corrected chi connectivity index (χ0v) is 23.8. The zero-order chi connectivity index (χ0) is 30.0. The van der Waals surface area contributed by atoms with Gasteiger partial charge in [0, 0.05) is 16.7 Å². The molecule has 7 aromatic rings. The second-order valence-electron chi connectivity index (χ2n) is 10.3. The number of fused-ring (bicyclic) bond motifs is 2. The van der Waals surface area contributed by atoms with E-state index in [0.717, 1.165) is 43.9 Å². The summed E-state index contributed by atoms with van der Waals surface area (Å²) in [6.45, 7) is 7.92. The quantitative estimate of drug-likeness (QED) is 0.201. The van der Waals surface area contributed by atoms with Crippen molar-refractivity contribution in [1.29, 1.82) is 5.26 Å². The molecule has 0 bridgehead atoms. The first-order chi connectivity index (χ1) is 21.7. The van der Waals surface area contributed by atoms with Crippen LogP contribution in [-0.2, 0) is 0 Å². The van der Waals surface area contributed by atoms with Gasteiger partial charge in [-0.25, -0.2) is 19.9 Å². The number of rotatable bonds is 6. The highest BCUT2D eigenvalue weighted by atomic mass is 14.9.